The van der Waals surface area contributed by atoms with Crippen LogP contribution in [0.2, 0.25) is 0 Å². The number of thiazole rings is 1. The van der Waals surface area contributed by atoms with E-state index in [0.29, 0.717) is 6.42 Å². The number of carbonyl (C=O) groups excluding carboxylic acids is 1. The van der Waals surface area contributed by atoms with Gasteiger partial charge < -0.3 is 4.74 Å². The van der Waals surface area contributed by atoms with Gasteiger partial charge in [-0.1, -0.05) is 0 Å². The van der Waals surface area contributed by atoms with E-state index in [1.807, 2.05) is 0 Å². The lowest BCUT2D eigenvalue weighted by Crippen LogP contribution is -2.02. The summed E-state index contributed by atoms with van der Waals surface area (Å²) in [5.41, 5.74) is 3.95. The molecule has 18 heavy (non-hydrogen) atoms. The fourth-order valence-electron chi connectivity index (χ4n) is 2.59. The van der Waals surface area contributed by atoms with E-state index in [1.54, 1.807) is 11.3 Å². The van der Waals surface area contributed by atoms with Crippen molar-refractivity contribution in [2.45, 2.75) is 38.5 Å². The van der Waals surface area contributed by atoms with Crippen LogP contribution < -0.4 is 0 Å². The van der Waals surface area contributed by atoms with E-state index >= 15 is 0 Å². The van der Waals surface area contributed by atoms with Crippen LogP contribution in [0.1, 0.15) is 36.3 Å². The summed E-state index contributed by atoms with van der Waals surface area (Å²) in [6, 6.07) is 0. The summed E-state index contributed by atoms with van der Waals surface area (Å²) in [7, 11) is 1.44. The molecule has 0 amide bonds. The van der Waals surface area contributed by atoms with Crippen molar-refractivity contribution in [1.82, 2.24) is 9.38 Å². The SMILES string of the molecule is COC(=O)CCCc1csc2nc3c(n12)CCC3. The molecule has 2 heterocycles. The maximum absolute atomic E-state index is 11.1. The third-order valence-corrected chi connectivity index (χ3v) is 4.36. The van der Waals surface area contributed by atoms with E-state index in [9.17, 15) is 4.79 Å². The van der Waals surface area contributed by atoms with Gasteiger partial charge >= 0.3 is 5.97 Å². The van der Waals surface area contributed by atoms with Gasteiger partial charge in [-0.15, -0.1) is 11.3 Å². The summed E-state index contributed by atoms with van der Waals surface area (Å²) in [6.07, 6.45) is 5.72. The smallest absolute Gasteiger partial charge is 0.305 e. The Morgan fingerprint density at radius 2 is 2.44 bits per heavy atom. The van der Waals surface area contributed by atoms with Gasteiger partial charge in [0.25, 0.3) is 0 Å². The molecule has 0 spiro atoms. The first-order valence-corrected chi connectivity index (χ1v) is 7.21. The van der Waals surface area contributed by atoms with Crippen molar-refractivity contribution in [3.63, 3.8) is 0 Å². The van der Waals surface area contributed by atoms with E-state index in [-0.39, 0.29) is 5.97 Å². The minimum absolute atomic E-state index is 0.127. The Kier molecular flexibility index (Phi) is 3.07. The second-order valence-electron chi connectivity index (χ2n) is 4.63. The third-order valence-electron chi connectivity index (χ3n) is 3.48. The number of hydrogen-bond donors (Lipinski definition) is 0. The molecule has 0 bridgehead atoms. The van der Waals surface area contributed by atoms with Gasteiger partial charge in [-0.05, 0) is 32.1 Å². The van der Waals surface area contributed by atoms with Gasteiger partial charge in [0.2, 0.25) is 0 Å². The number of aromatic nitrogens is 2. The van der Waals surface area contributed by atoms with Crippen molar-refractivity contribution < 1.29 is 9.53 Å². The predicted molar refractivity (Wildman–Crippen MR) is 70.0 cm³/mol. The van der Waals surface area contributed by atoms with Gasteiger partial charge in [-0.2, -0.15) is 0 Å². The molecule has 4 nitrogen and oxygen atoms in total. The molecule has 2 aromatic heterocycles. The van der Waals surface area contributed by atoms with Gasteiger partial charge in [0, 0.05) is 23.2 Å². The molecular formula is C13H16N2O2S. The monoisotopic (exact) mass is 264 g/mol. The van der Waals surface area contributed by atoms with Crippen molar-refractivity contribution in [3.8, 4) is 0 Å². The highest BCUT2D eigenvalue weighted by atomic mass is 32.1. The lowest BCUT2D eigenvalue weighted by atomic mass is 10.2. The van der Waals surface area contributed by atoms with Crippen LogP contribution in [0.15, 0.2) is 5.38 Å². The Morgan fingerprint density at radius 1 is 1.56 bits per heavy atom. The molecule has 0 atom stereocenters. The Bertz CT molecular complexity index is 585. The van der Waals surface area contributed by atoms with E-state index in [4.69, 9.17) is 0 Å². The Hall–Kier alpha value is -1.36. The van der Waals surface area contributed by atoms with Crippen LogP contribution in [-0.4, -0.2) is 22.5 Å². The number of fused-ring (bicyclic) bond motifs is 3. The molecule has 1 aliphatic carbocycles. The minimum atomic E-state index is -0.127. The molecule has 0 aromatic carbocycles. The Morgan fingerprint density at radius 3 is 3.28 bits per heavy atom. The van der Waals surface area contributed by atoms with Crippen LogP contribution in [0.25, 0.3) is 4.96 Å². The summed E-state index contributed by atoms with van der Waals surface area (Å²) in [4.78, 5) is 16.9. The van der Waals surface area contributed by atoms with Gasteiger partial charge in [-0.25, -0.2) is 4.98 Å². The lowest BCUT2D eigenvalue weighted by Gasteiger charge is -2.02. The van der Waals surface area contributed by atoms with Crippen LogP contribution in [-0.2, 0) is 28.8 Å². The average Bonchev–Trinajstić information content (AvgIpc) is 3.01. The highest BCUT2D eigenvalue weighted by molar-refractivity contribution is 7.15. The zero-order valence-electron chi connectivity index (χ0n) is 10.4. The van der Waals surface area contributed by atoms with Crippen LogP contribution >= 0.6 is 11.3 Å². The quantitative estimate of drug-likeness (QED) is 0.796. The van der Waals surface area contributed by atoms with Crippen molar-refractivity contribution in [2.24, 2.45) is 0 Å². The zero-order valence-corrected chi connectivity index (χ0v) is 11.3. The van der Waals surface area contributed by atoms with E-state index in [2.05, 4.69) is 19.5 Å². The molecule has 0 aliphatic heterocycles. The summed E-state index contributed by atoms with van der Waals surface area (Å²) >= 11 is 1.70. The van der Waals surface area contributed by atoms with Gasteiger partial charge in [0.1, 0.15) is 0 Å². The molecule has 0 saturated carbocycles. The number of ether oxygens (including phenoxy) is 1. The zero-order chi connectivity index (χ0) is 12.5. The topological polar surface area (TPSA) is 43.6 Å². The van der Waals surface area contributed by atoms with Crippen molar-refractivity contribution in [1.29, 1.82) is 0 Å². The van der Waals surface area contributed by atoms with Crippen LogP contribution in [0.5, 0.6) is 0 Å². The number of hydrogen-bond acceptors (Lipinski definition) is 4. The second kappa shape index (κ2) is 4.72. The minimum Gasteiger partial charge on any atom is -0.469 e. The molecular weight excluding hydrogens is 248 g/mol. The molecule has 0 fully saturated rings. The lowest BCUT2D eigenvalue weighted by molar-refractivity contribution is -0.140. The molecule has 0 unspecified atom stereocenters. The number of methoxy groups -OCH3 is 1. The summed E-state index contributed by atoms with van der Waals surface area (Å²) in [5.74, 6) is -0.127. The van der Waals surface area contributed by atoms with E-state index in [1.165, 1.54) is 30.6 Å². The maximum atomic E-state index is 11.1. The normalized spacial score (nSPS) is 14.1. The average molecular weight is 264 g/mol. The third kappa shape index (κ3) is 1.92. The number of aryl methyl sites for hydroxylation is 3. The number of rotatable bonds is 4. The van der Waals surface area contributed by atoms with Crippen LogP contribution in [0, 0.1) is 0 Å². The first kappa shape index (κ1) is 11.7. The van der Waals surface area contributed by atoms with Crippen molar-refractivity contribution in [3.05, 3.63) is 22.5 Å². The van der Waals surface area contributed by atoms with E-state index < -0.39 is 0 Å². The van der Waals surface area contributed by atoms with Crippen LogP contribution in [0.4, 0.5) is 0 Å². The molecule has 0 saturated heterocycles. The predicted octanol–water partition coefficient (Wildman–Crippen LogP) is 2.38. The van der Waals surface area contributed by atoms with Gasteiger partial charge in [-0.3, -0.25) is 9.20 Å². The fourth-order valence-corrected chi connectivity index (χ4v) is 3.55. The standard InChI is InChI=1S/C13H16N2O2S/c1-17-12(16)7-2-4-9-8-18-13-14-10-5-3-6-11(10)15(9)13/h8H,2-7H2,1H3. The largest absolute Gasteiger partial charge is 0.469 e. The molecule has 0 radical (unpaired) electrons. The summed E-state index contributed by atoms with van der Waals surface area (Å²) in [6.45, 7) is 0. The summed E-state index contributed by atoms with van der Waals surface area (Å²) < 4.78 is 6.96. The molecule has 1 aliphatic rings. The van der Waals surface area contributed by atoms with E-state index in [0.717, 1.165) is 30.6 Å². The summed E-state index contributed by atoms with van der Waals surface area (Å²) in [5, 5.41) is 2.16. The first-order valence-electron chi connectivity index (χ1n) is 6.33. The highest BCUT2D eigenvalue weighted by Gasteiger charge is 2.20. The molecule has 0 N–H and O–H groups in total. The van der Waals surface area contributed by atoms with Crippen molar-refractivity contribution >= 4 is 22.3 Å². The number of esters is 1. The van der Waals surface area contributed by atoms with Gasteiger partial charge in [0.05, 0.1) is 12.8 Å². The molecule has 96 valence electrons. The Labute approximate surface area is 110 Å². The number of carbonyl (C=O) groups is 1. The highest BCUT2D eigenvalue weighted by Crippen LogP contribution is 2.28. The fraction of sp³-hybridized carbons (Fsp3) is 0.538. The number of imidazole rings is 1. The van der Waals surface area contributed by atoms with Crippen LogP contribution in [0.3, 0.4) is 0 Å². The first-order chi connectivity index (χ1) is 8.79. The van der Waals surface area contributed by atoms with Gasteiger partial charge in [0.15, 0.2) is 4.96 Å². The molecule has 2 aromatic rings. The maximum Gasteiger partial charge on any atom is 0.305 e. The number of nitrogens with zero attached hydrogens (tertiary/aromatic N) is 2. The molecule has 3 rings (SSSR count). The Balaban J connectivity index is 1.78. The van der Waals surface area contributed by atoms with Crippen molar-refractivity contribution in [2.75, 3.05) is 7.11 Å². The molecule has 5 heteroatoms. The second-order valence-corrected chi connectivity index (χ2v) is 5.47.